The number of methoxy groups -OCH3 is 1. The second kappa shape index (κ2) is 5.38. The van der Waals surface area contributed by atoms with Crippen molar-refractivity contribution in [2.24, 2.45) is 5.73 Å². The molecule has 1 saturated carbocycles. The Labute approximate surface area is 115 Å². The first-order valence-corrected chi connectivity index (χ1v) is 6.03. The third-order valence-electron chi connectivity index (χ3n) is 3.17. The summed E-state index contributed by atoms with van der Waals surface area (Å²) in [6, 6.07) is 5.52. The van der Waals surface area contributed by atoms with Gasteiger partial charge in [0.2, 0.25) is 0 Å². The molecule has 0 radical (unpaired) electrons. The maximum atomic E-state index is 11.6. The van der Waals surface area contributed by atoms with Gasteiger partial charge in [0.05, 0.1) is 12.7 Å². The minimum Gasteiger partial charge on any atom is -0.465 e. The van der Waals surface area contributed by atoms with Gasteiger partial charge in [0.25, 0.3) is 0 Å². The van der Waals surface area contributed by atoms with Crippen molar-refractivity contribution < 1.29 is 9.53 Å². The molecule has 0 atom stereocenters. The molecule has 94 valence electrons. The van der Waals surface area contributed by atoms with Crippen LogP contribution in [0.5, 0.6) is 0 Å². The van der Waals surface area contributed by atoms with Crippen molar-refractivity contribution in [3.63, 3.8) is 0 Å². The zero-order valence-electron chi connectivity index (χ0n) is 9.53. The van der Waals surface area contributed by atoms with Crippen LogP contribution < -0.4 is 5.73 Å². The van der Waals surface area contributed by atoms with E-state index in [2.05, 4.69) is 15.9 Å². The van der Waals surface area contributed by atoms with Gasteiger partial charge < -0.3 is 10.5 Å². The molecule has 0 amide bonds. The van der Waals surface area contributed by atoms with E-state index >= 15 is 0 Å². The molecule has 0 aliphatic heterocycles. The predicted molar refractivity (Wildman–Crippen MR) is 72.4 cm³/mol. The van der Waals surface area contributed by atoms with Gasteiger partial charge in [0, 0.05) is 10.0 Å². The van der Waals surface area contributed by atoms with Crippen LogP contribution in [0.4, 0.5) is 0 Å². The zero-order valence-corrected chi connectivity index (χ0v) is 11.9. The molecule has 17 heavy (non-hydrogen) atoms. The topological polar surface area (TPSA) is 52.3 Å². The maximum absolute atomic E-state index is 11.6. The molecule has 1 aliphatic carbocycles. The van der Waals surface area contributed by atoms with E-state index in [1.54, 1.807) is 6.07 Å². The molecule has 1 aromatic rings. The van der Waals surface area contributed by atoms with Crippen molar-refractivity contribution in [3.8, 4) is 0 Å². The van der Waals surface area contributed by atoms with Crippen LogP contribution in [0.15, 0.2) is 22.7 Å². The lowest BCUT2D eigenvalue weighted by molar-refractivity contribution is 0.0595. The van der Waals surface area contributed by atoms with E-state index in [1.807, 2.05) is 12.1 Å². The molecule has 5 heteroatoms. The van der Waals surface area contributed by atoms with Crippen LogP contribution in [0, 0.1) is 0 Å². The van der Waals surface area contributed by atoms with Crippen LogP contribution in [0.25, 0.3) is 0 Å². The zero-order chi connectivity index (χ0) is 11.8. The van der Waals surface area contributed by atoms with Crippen molar-refractivity contribution in [2.45, 2.75) is 24.8 Å². The minimum absolute atomic E-state index is 0. The third-order valence-corrected chi connectivity index (χ3v) is 3.66. The number of hydrogen-bond donors (Lipinski definition) is 1. The van der Waals surface area contributed by atoms with Gasteiger partial charge in [-0.3, -0.25) is 0 Å². The summed E-state index contributed by atoms with van der Waals surface area (Å²) in [5.41, 5.74) is 7.37. The number of benzene rings is 1. The number of esters is 1. The molecule has 0 saturated heterocycles. The average molecular weight is 321 g/mol. The smallest absolute Gasteiger partial charge is 0.338 e. The van der Waals surface area contributed by atoms with Gasteiger partial charge in [0.15, 0.2) is 0 Å². The SMILES string of the molecule is COC(=O)c1ccc(Br)cc1C1(N)CCC1.Cl. The van der Waals surface area contributed by atoms with E-state index in [9.17, 15) is 4.79 Å². The van der Waals surface area contributed by atoms with Crippen LogP contribution in [-0.4, -0.2) is 13.1 Å². The van der Waals surface area contributed by atoms with Crippen LogP contribution in [-0.2, 0) is 10.3 Å². The molecule has 1 aromatic carbocycles. The minimum atomic E-state index is -0.354. The Hall–Kier alpha value is -0.580. The predicted octanol–water partition coefficient (Wildman–Crippen LogP) is 3.00. The number of carbonyl (C=O) groups is 1. The standard InChI is InChI=1S/C12H14BrNO2.ClH/c1-16-11(15)9-4-3-8(13)7-10(9)12(14)5-2-6-12;/h3-4,7H,2,5-6,14H2,1H3;1H. The highest BCUT2D eigenvalue weighted by Gasteiger charge is 2.37. The summed E-state index contributed by atoms with van der Waals surface area (Å²) < 4.78 is 5.71. The lowest BCUT2D eigenvalue weighted by Gasteiger charge is -2.39. The fourth-order valence-electron chi connectivity index (χ4n) is 2.04. The monoisotopic (exact) mass is 319 g/mol. The molecular formula is C12H15BrClNO2. The molecule has 0 aromatic heterocycles. The number of halogens is 2. The lowest BCUT2D eigenvalue weighted by atomic mass is 9.71. The highest BCUT2D eigenvalue weighted by molar-refractivity contribution is 9.10. The Morgan fingerprint density at radius 3 is 2.59 bits per heavy atom. The van der Waals surface area contributed by atoms with Gasteiger partial charge in [0.1, 0.15) is 0 Å². The van der Waals surface area contributed by atoms with E-state index < -0.39 is 0 Å². The average Bonchev–Trinajstić information content (AvgIpc) is 2.24. The Balaban J connectivity index is 0.00000144. The summed E-state index contributed by atoms with van der Waals surface area (Å²) in [7, 11) is 1.39. The largest absolute Gasteiger partial charge is 0.465 e. The van der Waals surface area contributed by atoms with Crippen LogP contribution in [0.2, 0.25) is 0 Å². The molecule has 2 rings (SSSR count). The number of carbonyl (C=O) groups excluding carboxylic acids is 1. The van der Waals surface area contributed by atoms with Crippen molar-refractivity contribution >= 4 is 34.3 Å². The maximum Gasteiger partial charge on any atom is 0.338 e. The third kappa shape index (κ3) is 2.64. The number of nitrogens with two attached hydrogens (primary N) is 1. The van der Waals surface area contributed by atoms with Crippen molar-refractivity contribution in [1.29, 1.82) is 0 Å². The summed E-state index contributed by atoms with van der Waals surface area (Å²) in [4.78, 5) is 11.6. The van der Waals surface area contributed by atoms with E-state index in [0.29, 0.717) is 5.56 Å². The fourth-order valence-corrected chi connectivity index (χ4v) is 2.40. The van der Waals surface area contributed by atoms with Crippen LogP contribution >= 0.6 is 28.3 Å². The molecule has 0 spiro atoms. The number of rotatable bonds is 2. The first-order chi connectivity index (χ1) is 7.57. The first-order valence-electron chi connectivity index (χ1n) is 5.24. The Morgan fingerprint density at radius 1 is 1.47 bits per heavy atom. The summed E-state index contributed by atoms with van der Waals surface area (Å²) in [5, 5.41) is 0. The summed E-state index contributed by atoms with van der Waals surface area (Å²) >= 11 is 3.41. The second-order valence-electron chi connectivity index (χ2n) is 4.19. The Morgan fingerprint density at radius 2 is 2.12 bits per heavy atom. The second-order valence-corrected chi connectivity index (χ2v) is 5.11. The summed E-state index contributed by atoms with van der Waals surface area (Å²) in [6.45, 7) is 0. The van der Waals surface area contributed by atoms with Gasteiger partial charge in [-0.05, 0) is 43.0 Å². The van der Waals surface area contributed by atoms with Gasteiger partial charge >= 0.3 is 5.97 Å². The molecule has 2 N–H and O–H groups in total. The molecule has 3 nitrogen and oxygen atoms in total. The van der Waals surface area contributed by atoms with Crippen molar-refractivity contribution in [2.75, 3.05) is 7.11 Å². The first kappa shape index (κ1) is 14.5. The molecule has 1 fully saturated rings. The summed E-state index contributed by atoms with van der Waals surface area (Å²) in [6.07, 6.45) is 2.96. The van der Waals surface area contributed by atoms with E-state index in [1.165, 1.54) is 7.11 Å². The number of ether oxygens (including phenoxy) is 1. The molecular weight excluding hydrogens is 305 g/mol. The fraction of sp³-hybridized carbons (Fsp3) is 0.417. The Bertz CT molecular complexity index is 433. The van der Waals surface area contributed by atoms with E-state index in [-0.39, 0.29) is 23.9 Å². The lowest BCUT2D eigenvalue weighted by Crippen LogP contribution is -2.44. The number of hydrogen-bond acceptors (Lipinski definition) is 3. The Kier molecular flexibility index (Phi) is 4.58. The van der Waals surface area contributed by atoms with E-state index in [0.717, 1.165) is 29.3 Å². The van der Waals surface area contributed by atoms with Gasteiger partial charge in [-0.25, -0.2) is 4.79 Å². The van der Waals surface area contributed by atoms with Gasteiger partial charge in [-0.1, -0.05) is 15.9 Å². The van der Waals surface area contributed by atoms with Crippen LogP contribution in [0.1, 0.15) is 35.2 Å². The van der Waals surface area contributed by atoms with Crippen molar-refractivity contribution in [3.05, 3.63) is 33.8 Å². The van der Waals surface area contributed by atoms with Crippen molar-refractivity contribution in [1.82, 2.24) is 0 Å². The highest BCUT2D eigenvalue weighted by atomic mass is 79.9. The molecule has 1 aliphatic rings. The van der Waals surface area contributed by atoms with Crippen LogP contribution in [0.3, 0.4) is 0 Å². The highest BCUT2D eigenvalue weighted by Crippen LogP contribution is 2.41. The molecule has 0 unspecified atom stereocenters. The normalized spacial score (nSPS) is 16.6. The van der Waals surface area contributed by atoms with E-state index in [4.69, 9.17) is 10.5 Å². The van der Waals surface area contributed by atoms with Gasteiger partial charge in [-0.2, -0.15) is 0 Å². The quantitative estimate of drug-likeness (QED) is 0.852. The molecule has 0 heterocycles. The summed E-state index contributed by atoms with van der Waals surface area (Å²) in [5.74, 6) is -0.320. The molecule has 0 bridgehead atoms. The van der Waals surface area contributed by atoms with Gasteiger partial charge in [-0.15, -0.1) is 12.4 Å².